The van der Waals surface area contributed by atoms with Crippen molar-refractivity contribution >= 4 is 11.6 Å². The van der Waals surface area contributed by atoms with Crippen LogP contribution in [0, 0.1) is 5.82 Å². The van der Waals surface area contributed by atoms with E-state index in [9.17, 15) is 9.50 Å². The summed E-state index contributed by atoms with van der Waals surface area (Å²) < 4.78 is 13.3. The van der Waals surface area contributed by atoms with Gasteiger partial charge in [-0.25, -0.2) is 4.39 Å². The van der Waals surface area contributed by atoms with Gasteiger partial charge in [0.25, 0.3) is 0 Å². The van der Waals surface area contributed by atoms with Crippen LogP contribution in [0.15, 0.2) is 18.2 Å². The fourth-order valence-corrected chi connectivity index (χ4v) is 1.42. The molecule has 15 heavy (non-hydrogen) atoms. The van der Waals surface area contributed by atoms with Gasteiger partial charge >= 0.3 is 0 Å². The molecule has 2 nitrogen and oxygen atoms in total. The Morgan fingerprint density at radius 3 is 2.67 bits per heavy atom. The molecule has 0 radical (unpaired) electrons. The third-order valence-corrected chi connectivity index (χ3v) is 2.28. The van der Waals surface area contributed by atoms with Crippen LogP contribution >= 0.6 is 11.6 Å². The summed E-state index contributed by atoms with van der Waals surface area (Å²) in [6.45, 7) is 4.07. The lowest BCUT2D eigenvalue weighted by Crippen LogP contribution is -2.34. The Morgan fingerprint density at radius 1 is 1.47 bits per heavy atom. The fourth-order valence-electron chi connectivity index (χ4n) is 1.19. The van der Waals surface area contributed by atoms with E-state index in [2.05, 4.69) is 5.32 Å². The summed E-state index contributed by atoms with van der Waals surface area (Å²) in [7, 11) is 0. The third kappa shape index (κ3) is 4.16. The second kappa shape index (κ2) is 4.92. The molecule has 0 aliphatic carbocycles. The highest BCUT2D eigenvalue weighted by molar-refractivity contribution is 6.31. The van der Waals surface area contributed by atoms with Crippen molar-refractivity contribution in [1.29, 1.82) is 0 Å². The number of halogens is 2. The van der Waals surface area contributed by atoms with Crippen molar-refractivity contribution in [2.45, 2.75) is 26.0 Å². The van der Waals surface area contributed by atoms with E-state index in [0.717, 1.165) is 0 Å². The first-order valence-corrected chi connectivity index (χ1v) is 5.14. The predicted molar refractivity (Wildman–Crippen MR) is 59.4 cm³/mol. The normalized spacial score (nSPS) is 11.8. The molecule has 4 heteroatoms. The zero-order valence-corrected chi connectivity index (χ0v) is 9.61. The molecule has 0 spiro atoms. The minimum absolute atomic E-state index is 0.315. The Kier molecular flexibility index (Phi) is 4.08. The summed E-state index contributed by atoms with van der Waals surface area (Å²) in [6, 6.07) is 4.58. The molecule has 84 valence electrons. The van der Waals surface area contributed by atoms with E-state index < -0.39 is 5.60 Å². The maximum Gasteiger partial charge on any atom is 0.129 e. The second-order valence-corrected chi connectivity index (χ2v) is 4.52. The maximum absolute atomic E-state index is 13.3. The van der Waals surface area contributed by atoms with Gasteiger partial charge in [-0.3, -0.25) is 0 Å². The van der Waals surface area contributed by atoms with Crippen molar-refractivity contribution in [3.05, 3.63) is 34.6 Å². The maximum atomic E-state index is 13.3. The number of aliphatic hydroxyl groups is 1. The smallest absolute Gasteiger partial charge is 0.129 e. The lowest BCUT2D eigenvalue weighted by Gasteiger charge is -2.18. The highest BCUT2D eigenvalue weighted by atomic mass is 35.5. The van der Waals surface area contributed by atoms with Gasteiger partial charge in [0.1, 0.15) is 5.82 Å². The van der Waals surface area contributed by atoms with Gasteiger partial charge in [-0.05, 0) is 26.0 Å². The van der Waals surface area contributed by atoms with Gasteiger partial charge in [-0.15, -0.1) is 0 Å². The fraction of sp³-hybridized carbons (Fsp3) is 0.455. The van der Waals surface area contributed by atoms with Gasteiger partial charge < -0.3 is 10.4 Å². The quantitative estimate of drug-likeness (QED) is 0.834. The van der Waals surface area contributed by atoms with Crippen LogP contribution in [0.5, 0.6) is 0 Å². The van der Waals surface area contributed by atoms with Crippen LogP contribution in [-0.4, -0.2) is 17.3 Å². The van der Waals surface area contributed by atoms with Gasteiger partial charge in [0, 0.05) is 23.7 Å². The molecule has 1 rings (SSSR count). The van der Waals surface area contributed by atoms with Gasteiger partial charge in [-0.1, -0.05) is 17.7 Å². The molecule has 0 aromatic heterocycles. The Hall–Kier alpha value is -0.640. The summed E-state index contributed by atoms with van der Waals surface area (Å²) in [5, 5.41) is 12.8. The highest BCUT2D eigenvalue weighted by Crippen LogP contribution is 2.18. The molecule has 0 fully saturated rings. The predicted octanol–water partition coefficient (Wildman–Crippen LogP) is 2.34. The molecule has 1 aromatic carbocycles. The zero-order chi connectivity index (χ0) is 11.5. The summed E-state index contributed by atoms with van der Waals surface area (Å²) in [4.78, 5) is 0. The molecule has 0 saturated heterocycles. The third-order valence-electron chi connectivity index (χ3n) is 1.92. The van der Waals surface area contributed by atoms with E-state index in [1.165, 1.54) is 6.07 Å². The number of rotatable bonds is 4. The van der Waals surface area contributed by atoms with E-state index in [4.69, 9.17) is 11.6 Å². The van der Waals surface area contributed by atoms with Gasteiger partial charge in [0.05, 0.1) is 5.60 Å². The summed E-state index contributed by atoms with van der Waals surface area (Å²) >= 11 is 5.84. The van der Waals surface area contributed by atoms with Crippen molar-refractivity contribution in [3.63, 3.8) is 0 Å². The number of hydrogen-bond acceptors (Lipinski definition) is 2. The lowest BCUT2D eigenvalue weighted by atomic mass is 10.1. The average molecular weight is 232 g/mol. The van der Waals surface area contributed by atoms with E-state index in [0.29, 0.717) is 23.7 Å². The van der Waals surface area contributed by atoms with Crippen LogP contribution in [-0.2, 0) is 6.54 Å². The number of nitrogens with one attached hydrogen (secondary N) is 1. The number of benzene rings is 1. The Balaban J connectivity index is 2.58. The molecule has 0 atom stereocenters. The summed E-state index contributed by atoms with van der Waals surface area (Å²) in [5.41, 5.74) is -0.374. The molecule has 0 unspecified atom stereocenters. The molecule has 0 heterocycles. The highest BCUT2D eigenvalue weighted by Gasteiger charge is 2.12. The van der Waals surface area contributed by atoms with Crippen LogP contribution in [0.3, 0.4) is 0 Å². The van der Waals surface area contributed by atoms with Crippen LogP contribution < -0.4 is 5.32 Å². The van der Waals surface area contributed by atoms with Crippen LogP contribution in [0.2, 0.25) is 5.02 Å². The molecule has 0 bridgehead atoms. The molecule has 0 aliphatic heterocycles. The van der Waals surface area contributed by atoms with Gasteiger partial charge in [0.2, 0.25) is 0 Å². The van der Waals surface area contributed by atoms with Crippen LogP contribution in [0.1, 0.15) is 19.4 Å². The van der Waals surface area contributed by atoms with Crippen molar-refractivity contribution < 1.29 is 9.50 Å². The van der Waals surface area contributed by atoms with Crippen molar-refractivity contribution in [2.75, 3.05) is 6.54 Å². The van der Waals surface area contributed by atoms with Crippen molar-refractivity contribution in [1.82, 2.24) is 5.32 Å². The second-order valence-electron chi connectivity index (χ2n) is 4.12. The summed E-state index contributed by atoms with van der Waals surface area (Å²) in [5.74, 6) is -0.328. The first-order valence-electron chi connectivity index (χ1n) is 4.76. The van der Waals surface area contributed by atoms with E-state index in [1.54, 1.807) is 26.0 Å². The topological polar surface area (TPSA) is 32.3 Å². The van der Waals surface area contributed by atoms with Crippen LogP contribution in [0.4, 0.5) is 4.39 Å². The first-order chi connectivity index (χ1) is 6.90. The molecule has 0 saturated carbocycles. The average Bonchev–Trinajstić information content (AvgIpc) is 2.08. The molecule has 0 amide bonds. The molecular weight excluding hydrogens is 217 g/mol. The Labute approximate surface area is 94.1 Å². The first kappa shape index (κ1) is 12.4. The minimum atomic E-state index is -0.808. The van der Waals surface area contributed by atoms with Gasteiger partial charge in [-0.2, -0.15) is 0 Å². The monoisotopic (exact) mass is 231 g/mol. The Bertz CT molecular complexity index is 316. The lowest BCUT2D eigenvalue weighted by molar-refractivity contribution is 0.0794. The SMILES string of the molecule is CC(C)(O)CNCc1c(F)cccc1Cl. The van der Waals surface area contributed by atoms with Gasteiger partial charge in [0.15, 0.2) is 0 Å². The molecule has 2 N–H and O–H groups in total. The largest absolute Gasteiger partial charge is 0.389 e. The van der Waals surface area contributed by atoms with Crippen molar-refractivity contribution in [2.24, 2.45) is 0 Å². The molecule has 1 aromatic rings. The van der Waals surface area contributed by atoms with Crippen molar-refractivity contribution in [3.8, 4) is 0 Å². The summed E-state index contributed by atoms with van der Waals surface area (Å²) in [6.07, 6.45) is 0. The minimum Gasteiger partial charge on any atom is -0.389 e. The Morgan fingerprint density at radius 2 is 2.13 bits per heavy atom. The van der Waals surface area contributed by atoms with Crippen LogP contribution in [0.25, 0.3) is 0 Å². The zero-order valence-electron chi connectivity index (χ0n) is 8.85. The van der Waals surface area contributed by atoms with E-state index >= 15 is 0 Å². The molecule has 0 aliphatic rings. The van der Waals surface area contributed by atoms with E-state index in [1.807, 2.05) is 0 Å². The standard InChI is InChI=1S/C11H15ClFNO/c1-11(2,15)7-14-6-8-9(12)4-3-5-10(8)13/h3-5,14-15H,6-7H2,1-2H3. The van der Waals surface area contributed by atoms with E-state index in [-0.39, 0.29) is 5.82 Å². The number of hydrogen-bond donors (Lipinski definition) is 2. The molecular formula is C11H15ClFNO.